The van der Waals surface area contributed by atoms with Gasteiger partial charge in [0.2, 0.25) is 0 Å². The number of likely N-dealkylation sites (N-methyl/N-ethyl adjacent to an activating group) is 1. The number of aliphatic imine (C=N–C) groups is 1. The van der Waals surface area contributed by atoms with Gasteiger partial charge in [-0.05, 0) is 40.1 Å². The lowest BCUT2D eigenvalue weighted by Gasteiger charge is -2.23. The zero-order valence-corrected chi connectivity index (χ0v) is 18.6. The molecule has 2 N–H and O–H groups in total. The minimum atomic E-state index is 0. The number of hydrogen-bond acceptors (Lipinski definition) is 5. The van der Waals surface area contributed by atoms with E-state index in [1.54, 1.807) is 24.6 Å². The number of guanidine groups is 1. The number of halogens is 1. The first kappa shape index (κ1) is 21.9. The van der Waals surface area contributed by atoms with Crippen LogP contribution < -0.4 is 10.6 Å². The quantitative estimate of drug-likeness (QED) is 0.365. The summed E-state index contributed by atoms with van der Waals surface area (Å²) in [5.41, 5.74) is 1.13. The second-order valence-corrected chi connectivity index (χ2v) is 7.16. The van der Waals surface area contributed by atoms with E-state index in [-0.39, 0.29) is 30.0 Å². The lowest BCUT2D eigenvalue weighted by Crippen LogP contribution is -2.42. The molecule has 8 heteroatoms. The summed E-state index contributed by atoms with van der Waals surface area (Å²) in [5, 5.41) is 7.87. The zero-order chi connectivity index (χ0) is 17.5. The van der Waals surface area contributed by atoms with Crippen molar-refractivity contribution in [1.82, 2.24) is 20.5 Å². The van der Waals surface area contributed by atoms with Gasteiger partial charge >= 0.3 is 0 Å². The molecular weight excluding hydrogens is 449 g/mol. The minimum absolute atomic E-state index is 0. The second-order valence-electron chi connectivity index (χ2n) is 5.87. The van der Waals surface area contributed by atoms with Crippen LogP contribution >= 0.6 is 35.3 Å². The van der Waals surface area contributed by atoms with Crippen LogP contribution in [0.5, 0.6) is 0 Å². The van der Waals surface area contributed by atoms with E-state index in [0.717, 1.165) is 41.9 Å². The fourth-order valence-electron chi connectivity index (χ4n) is 2.37. The van der Waals surface area contributed by atoms with Crippen molar-refractivity contribution in [2.24, 2.45) is 4.99 Å². The van der Waals surface area contributed by atoms with E-state index in [9.17, 15) is 0 Å². The molecule has 0 aliphatic heterocycles. The third-order valence-electron chi connectivity index (χ3n) is 3.89. The highest BCUT2D eigenvalue weighted by atomic mass is 127. The van der Waals surface area contributed by atoms with E-state index in [0.29, 0.717) is 0 Å². The lowest BCUT2D eigenvalue weighted by atomic mass is 10.2. The smallest absolute Gasteiger partial charge is 0.191 e. The molecule has 0 aliphatic carbocycles. The number of rotatable bonds is 7. The van der Waals surface area contributed by atoms with Crippen LogP contribution in [0.15, 0.2) is 27.8 Å². The van der Waals surface area contributed by atoms with Gasteiger partial charge in [-0.25, -0.2) is 4.98 Å². The van der Waals surface area contributed by atoms with Gasteiger partial charge in [-0.3, -0.25) is 9.89 Å². The fourth-order valence-corrected chi connectivity index (χ4v) is 3.30. The van der Waals surface area contributed by atoms with E-state index in [1.807, 2.05) is 26.2 Å². The predicted octanol–water partition coefficient (Wildman–Crippen LogP) is 2.98. The second kappa shape index (κ2) is 10.8. The molecule has 0 fully saturated rings. The molecular formula is C17H28IN5OS. The number of furan rings is 1. The van der Waals surface area contributed by atoms with E-state index < -0.39 is 0 Å². The Hall–Kier alpha value is -1.13. The number of aromatic nitrogens is 1. The summed E-state index contributed by atoms with van der Waals surface area (Å²) in [6.07, 6.45) is 2.60. The van der Waals surface area contributed by atoms with Gasteiger partial charge in [-0.2, -0.15) is 0 Å². The van der Waals surface area contributed by atoms with Crippen LogP contribution in [0.2, 0.25) is 0 Å². The van der Waals surface area contributed by atoms with Gasteiger partial charge in [0, 0.05) is 31.4 Å². The Morgan fingerprint density at radius 1 is 1.36 bits per heavy atom. The van der Waals surface area contributed by atoms with Crippen LogP contribution in [0.4, 0.5) is 0 Å². The largest absolute Gasteiger partial charge is 0.468 e. The molecule has 0 aromatic carbocycles. The maximum absolute atomic E-state index is 5.53. The third kappa shape index (κ3) is 6.59. The molecule has 0 amide bonds. The van der Waals surface area contributed by atoms with Gasteiger partial charge in [0.25, 0.3) is 0 Å². The first-order chi connectivity index (χ1) is 11.5. The number of nitrogens with zero attached hydrogens (tertiary/aromatic N) is 3. The molecule has 25 heavy (non-hydrogen) atoms. The summed E-state index contributed by atoms with van der Waals surface area (Å²) in [5.74, 6) is 1.73. The van der Waals surface area contributed by atoms with Gasteiger partial charge in [-0.15, -0.1) is 35.3 Å². The third-order valence-corrected chi connectivity index (χ3v) is 5.02. The van der Waals surface area contributed by atoms with Crippen molar-refractivity contribution in [3.8, 4) is 0 Å². The van der Waals surface area contributed by atoms with Crippen LogP contribution in [0, 0.1) is 13.8 Å². The van der Waals surface area contributed by atoms with Crippen molar-refractivity contribution >= 4 is 41.3 Å². The maximum atomic E-state index is 5.53. The number of nitrogens with one attached hydrogen (secondary N) is 2. The number of thiazole rings is 1. The Balaban J connectivity index is 0.00000312. The molecule has 0 aliphatic rings. The Kier molecular flexibility index (Phi) is 9.44. The molecule has 0 bridgehead atoms. The molecule has 0 spiro atoms. The molecule has 2 rings (SSSR count). The normalized spacial score (nSPS) is 12.8. The molecule has 140 valence electrons. The van der Waals surface area contributed by atoms with Crippen LogP contribution in [0.25, 0.3) is 0 Å². The minimum Gasteiger partial charge on any atom is -0.468 e. The number of hydrogen-bond donors (Lipinski definition) is 2. The van der Waals surface area contributed by atoms with Crippen LogP contribution in [-0.4, -0.2) is 50.1 Å². The van der Waals surface area contributed by atoms with Crippen molar-refractivity contribution in [2.75, 3.05) is 34.2 Å². The Morgan fingerprint density at radius 2 is 2.12 bits per heavy atom. The highest BCUT2D eigenvalue weighted by Crippen LogP contribution is 2.18. The van der Waals surface area contributed by atoms with Gasteiger partial charge in [0.1, 0.15) is 5.76 Å². The first-order valence-electron chi connectivity index (χ1n) is 8.08. The summed E-state index contributed by atoms with van der Waals surface area (Å²) < 4.78 is 5.53. The number of aryl methyl sites for hydroxylation is 2. The maximum Gasteiger partial charge on any atom is 0.191 e. The van der Waals surface area contributed by atoms with Crippen LogP contribution in [0.3, 0.4) is 0 Å². The standard InChI is InChI=1S/C17H27N5OS.HI/c1-12-13(2)24-16(21-12)8-9-19-17(18-3)20-11-14(22(4)5)15-7-6-10-23-15;/h6-7,10,14H,8-9,11H2,1-5H3,(H2,18,19,20);1H. The highest BCUT2D eigenvalue weighted by Gasteiger charge is 2.17. The van der Waals surface area contributed by atoms with Gasteiger partial charge in [0.15, 0.2) is 5.96 Å². The molecule has 1 atom stereocenters. The topological polar surface area (TPSA) is 65.7 Å². The van der Waals surface area contributed by atoms with Gasteiger partial charge < -0.3 is 15.1 Å². The monoisotopic (exact) mass is 477 g/mol. The van der Waals surface area contributed by atoms with Crippen molar-refractivity contribution in [2.45, 2.75) is 26.3 Å². The molecule has 0 saturated heterocycles. The summed E-state index contributed by atoms with van der Waals surface area (Å²) in [4.78, 5) is 12.3. The van der Waals surface area contributed by atoms with E-state index in [4.69, 9.17) is 4.42 Å². The van der Waals surface area contributed by atoms with Gasteiger partial charge in [-0.1, -0.05) is 0 Å². The fraction of sp³-hybridized carbons (Fsp3) is 0.529. The Labute approximate surface area is 171 Å². The molecule has 0 saturated carbocycles. The van der Waals surface area contributed by atoms with Crippen LogP contribution in [0.1, 0.15) is 27.4 Å². The molecule has 6 nitrogen and oxygen atoms in total. The predicted molar refractivity (Wildman–Crippen MR) is 115 cm³/mol. The average molecular weight is 477 g/mol. The van der Waals surface area contributed by atoms with Gasteiger partial charge in [0.05, 0.1) is 23.0 Å². The Bertz CT molecular complexity index is 635. The van der Waals surface area contributed by atoms with E-state index in [2.05, 4.69) is 39.4 Å². The average Bonchev–Trinajstić information content (AvgIpc) is 3.16. The summed E-state index contributed by atoms with van der Waals surface area (Å²) in [6, 6.07) is 4.06. The molecule has 2 heterocycles. The Morgan fingerprint density at radius 3 is 2.64 bits per heavy atom. The van der Waals surface area contributed by atoms with Crippen molar-refractivity contribution in [3.05, 3.63) is 39.7 Å². The summed E-state index contributed by atoms with van der Waals surface area (Å²) >= 11 is 1.76. The molecule has 0 radical (unpaired) electrons. The van der Waals surface area contributed by atoms with Crippen LogP contribution in [-0.2, 0) is 6.42 Å². The highest BCUT2D eigenvalue weighted by molar-refractivity contribution is 14.0. The SMILES string of the molecule is CN=C(NCCc1nc(C)c(C)s1)NCC(c1ccco1)N(C)C.I. The summed E-state index contributed by atoms with van der Waals surface area (Å²) in [6.45, 7) is 5.69. The van der Waals surface area contributed by atoms with E-state index in [1.165, 1.54) is 4.88 Å². The molecule has 2 aromatic heterocycles. The summed E-state index contributed by atoms with van der Waals surface area (Å²) in [7, 11) is 5.86. The van der Waals surface area contributed by atoms with E-state index >= 15 is 0 Å². The molecule has 2 aromatic rings. The zero-order valence-electron chi connectivity index (χ0n) is 15.5. The van der Waals surface area contributed by atoms with Crippen molar-refractivity contribution < 1.29 is 4.42 Å². The van der Waals surface area contributed by atoms with Crippen molar-refractivity contribution in [1.29, 1.82) is 0 Å². The molecule has 1 unspecified atom stereocenters. The first-order valence-corrected chi connectivity index (χ1v) is 8.90. The lowest BCUT2D eigenvalue weighted by molar-refractivity contribution is 0.258. The van der Waals surface area contributed by atoms with Crippen molar-refractivity contribution in [3.63, 3.8) is 0 Å².